The van der Waals surface area contributed by atoms with Crippen LogP contribution < -0.4 is 15.4 Å². The number of fused-ring (bicyclic) bond motifs is 1. The smallest absolute Gasteiger partial charge is 0.262 e. The Kier molecular flexibility index (Phi) is 5.04. The van der Waals surface area contributed by atoms with E-state index < -0.39 is 0 Å². The highest BCUT2D eigenvalue weighted by Crippen LogP contribution is 2.29. The Morgan fingerprint density at radius 3 is 2.75 bits per heavy atom. The summed E-state index contributed by atoms with van der Waals surface area (Å²) in [5, 5.41) is 5.86. The number of carbonyl (C=O) groups is 2. The SMILES string of the molecule is CN(C)CC1CCC(NC(=O)c2ccc3c(c2)OCC(=O)N3)CC1. The number of benzene rings is 1. The third-order valence-corrected chi connectivity index (χ3v) is 4.68. The van der Waals surface area contributed by atoms with Gasteiger partial charge in [0.1, 0.15) is 5.75 Å². The summed E-state index contributed by atoms with van der Waals surface area (Å²) in [6.45, 7) is 1.11. The molecule has 1 aliphatic heterocycles. The fourth-order valence-corrected chi connectivity index (χ4v) is 3.49. The number of nitrogens with zero attached hydrogens (tertiary/aromatic N) is 1. The number of hydrogen-bond donors (Lipinski definition) is 2. The van der Waals surface area contributed by atoms with Gasteiger partial charge in [0.2, 0.25) is 0 Å². The molecule has 2 N–H and O–H groups in total. The molecule has 0 aromatic heterocycles. The van der Waals surface area contributed by atoms with Crippen LogP contribution in [0.2, 0.25) is 0 Å². The fraction of sp³-hybridized carbons (Fsp3) is 0.556. The van der Waals surface area contributed by atoms with Crippen LogP contribution >= 0.6 is 0 Å². The van der Waals surface area contributed by atoms with Crippen molar-refractivity contribution in [1.82, 2.24) is 10.2 Å². The van der Waals surface area contributed by atoms with Crippen LogP contribution in [0.3, 0.4) is 0 Å². The van der Waals surface area contributed by atoms with Crippen LogP contribution in [0.1, 0.15) is 36.0 Å². The minimum atomic E-state index is -0.172. The number of carbonyl (C=O) groups excluding carboxylic acids is 2. The van der Waals surface area contributed by atoms with Crippen LogP contribution in [0, 0.1) is 5.92 Å². The minimum Gasteiger partial charge on any atom is -0.482 e. The molecule has 1 fully saturated rings. The molecule has 1 aliphatic carbocycles. The zero-order valence-corrected chi connectivity index (χ0v) is 14.3. The number of hydrogen-bond acceptors (Lipinski definition) is 4. The summed E-state index contributed by atoms with van der Waals surface area (Å²) in [5.74, 6) is 1.04. The van der Waals surface area contributed by atoms with Crippen molar-refractivity contribution in [2.24, 2.45) is 5.92 Å². The third kappa shape index (κ3) is 4.06. The Morgan fingerprint density at radius 2 is 2.04 bits per heavy atom. The van der Waals surface area contributed by atoms with E-state index in [9.17, 15) is 9.59 Å². The van der Waals surface area contributed by atoms with Crippen LogP contribution in [-0.2, 0) is 4.79 Å². The third-order valence-electron chi connectivity index (χ3n) is 4.68. The van der Waals surface area contributed by atoms with E-state index in [1.165, 1.54) is 0 Å². The first-order chi connectivity index (χ1) is 11.5. The summed E-state index contributed by atoms with van der Waals surface area (Å²) >= 11 is 0. The molecule has 1 aromatic carbocycles. The van der Waals surface area contributed by atoms with Crippen molar-refractivity contribution in [1.29, 1.82) is 0 Å². The van der Waals surface area contributed by atoms with Crippen molar-refractivity contribution in [2.75, 3.05) is 32.6 Å². The Labute approximate surface area is 142 Å². The van der Waals surface area contributed by atoms with Gasteiger partial charge >= 0.3 is 0 Å². The molecule has 2 amide bonds. The largest absolute Gasteiger partial charge is 0.482 e. The predicted octanol–water partition coefficient (Wildman–Crippen LogP) is 1.87. The molecule has 0 radical (unpaired) electrons. The number of amides is 2. The maximum Gasteiger partial charge on any atom is 0.262 e. The van der Waals surface area contributed by atoms with E-state index >= 15 is 0 Å². The topological polar surface area (TPSA) is 70.7 Å². The number of anilines is 1. The Bertz CT molecular complexity index is 622. The fourth-order valence-electron chi connectivity index (χ4n) is 3.49. The van der Waals surface area contributed by atoms with Gasteiger partial charge in [0.15, 0.2) is 6.61 Å². The molecule has 24 heavy (non-hydrogen) atoms. The summed E-state index contributed by atoms with van der Waals surface area (Å²) in [7, 11) is 4.21. The highest BCUT2D eigenvalue weighted by molar-refractivity contribution is 5.99. The Balaban J connectivity index is 1.55. The van der Waals surface area contributed by atoms with Crippen LogP contribution in [0.15, 0.2) is 18.2 Å². The molecule has 1 heterocycles. The maximum atomic E-state index is 12.5. The van der Waals surface area contributed by atoms with E-state index in [0.717, 1.165) is 38.1 Å². The Morgan fingerprint density at radius 1 is 1.29 bits per heavy atom. The van der Waals surface area contributed by atoms with Gasteiger partial charge in [-0.2, -0.15) is 0 Å². The summed E-state index contributed by atoms with van der Waals surface area (Å²) in [6, 6.07) is 5.38. The number of nitrogens with one attached hydrogen (secondary N) is 2. The van der Waals surface area contributed by atoms with Gasteiger partial charge in [-0.15, -0.1) is 0 Å². The van der Waals surface area contributed by atoms with Crippen molar-refractivity contribution in [3.05, 3.63) is 23.8 Å². The molecular formula is C18H25N3O3. The predicted molar refractivity (Wildman–Crippen MR) is 92.3 cm³/mol. The first kappa shape index (κ1) is 16.8. The molecule has 6 nitrogen and oxygen atoms in total. The van der Waals surface area contributed by atoms with E-state index in [-0.39, 0.29) is 24.5 Å². The standard InChI is InChI=1S/C18H25N3O3/c1-21(2)10-12-3-6-14(7-4-12)19-18(23)13-5-8-15-16(9-13)24-11-17(22)20-15/h5,8-9,12,14H,3-4,6-7,10-11H2,1-2H3,(H,19,23)(H,20,22). The van der Waals surface area contributed by atoms with Gasteiger partial charge < -0.3 is 20.3 Å². The molecule has 2 aliphatic rings. The average Bonchev–Trinajstić information content (AvgIpc) is 2.55. The van der Waals surface area contributed by atoms with Crippen LogP contribution in [0.5, 0.6) is 5.75 Å². The van der Waals surface area contributed by atoms with E-state index in [1.54, 1.807) is 18.2 Å². The van der Waals surface area contributed by atoms with Gasteiger partial charge in [-0.05, 0) is 63.9 Å². The van der Waals surface area contributed by atoms with Crippen molar-refractivity contribution in [2.45, 2.75) is 31.7 Å². The van der Waals surface area contributed by atoms with E-state index in [1.807, 2.05) is 0 Å². The molecule has 0 saturated heterocycles. The second-order valence-electron chi connectivity index (χ2n) is 7.00. The quantitative estimate of drug-likeness (QED) is 0.884. The highest BCUT2D eigenvalue weighted by atomic mass is 16.5. The summed E-state index contributed by atoms with van der Waals surface area (Å²) in [5.41, 5.74) is 1.19. The molecule has 0 unspecified atom stereocenters. The van der Waals surface area contributed by atoms with Gasteiger partial charge in [-0.3, -0.25) is 9.59 Å². The lowest BCUT2D eigenvalue weighted by molar-refractivity contribution is -0.118. The summed E-state index contributed by atoms with van der Waals surface area (Å²) in [6.07, 6.45) is 4.37. The highest BCUT2D eigenvalue weighted by Gasteiger charge is 2.24. The van der Waals surface area contributed by atoms with Gasteiger partial charge in [0.05, 0.1) is 5.69 Å². The maximum absolute atomic E-state index is 12.5. The zero-order valence-electron chi connectivity index (χ0n) is 14.3. The summed E-state index contributed by atoms with van der Waals surface area (Å²) in [4.78, 5) is 26.0. The normalized spacial score (nSPS) is 23.2. The van der Waals surface area contributed by atoms with Crippen molar-refractivity contribution in [3.63, 3.8) is 0 Å². The molecule has 1 saturated carbocycles. The van der Waals surface area contributed by atoms with E-state index in [0.29, 0.717) is 17.0 Å². The molecule has 3 rings (SSSR count). The van der Waals surface area contributed by atoms with Crippen LogP contribution in [0.4, 0.5) is 5.69 Å². The monoisotopic (exact) mass is 331 g/mol. The van der Waals surface area contributed by atoms with Gasteiger partial charge in [-0.1, -0.05) is 0 Å². The van der Waals surface area contributed by atoms with Gasteiger partial charge in [0, 0.05) is 18.2 Å². The second-order valence-corrected chi connectivity index (χ2v) is 7.00. The first-order valence-corrected chi connectivity index (χ1v) is 8.53. The number of rotatable bonds is 4. The van der Waals surface area contributed by atoms with Crippen molar-refractivity contribution in [3.8, 4) is 5.75 Å². The Hall–Kier alpha value is -2.08. The molecule has 0 bridgehead atoms. The van der Waals surface area contributed by atoms with Gasteiger partial charge in [0.25, 0.3) is 11.8 Å². The summed E-state index contributed by atoms with van der Waals surface area (Å²) < 4.78 is 5.37. The zero-order chi connectivity index (χ0) is 17.1. The average molecular weight is 331 g/mol. The molecule has 0 atom stereocenters. The molecule has 130 valence electrons. The lowest BCUT2D eigenvalue weighted by Gasteiger charge is -2.30. The lowest BCUT2D eigenvalue weighted by atomic mass is 9.85. The first-order valence-electron chi connectivity index (χ1n) is 8.53. The van der Waals surface area contributed by atoms with Crippen LogP contribution in [-0.4, -0.2) is 50.0 Å². The molecule has 6 heteroatoms. The molecule has 0 spiro atoms. The minimum absolute atomic E-state index is 0.00599. The number of ether oxygens (including phenoxy) is 1. The van der Waals surface area contributed by atoms with Crippen molar-refractivity contribution >= 4 is 17.5 Å². The molecular weight excluding hydrogens is 306 g/mol. The van der Waals surface area contributed by atoms with E-state index in [4.69, 9.17) is 4.74 Å². The van der Waals surface area contributed by atoms with Crippen molar-refractivity contribution < 1.29 is 14.3 Å². The van der Waals surface area contributed by atoms with E-state index in [2.05, 4.69) is 29.6 Å². The molecule has 1 aromatic rings. The van der Waals surface area contributed by atoms with Gasteiger partial charge in [-0.25, -0.2) is 0 Å². The second kappa shape index (κ2) is 7.21. The lowest BCUT2D eigenvalue weighted by Crippen LogP contribution is -2.39. The van der Waals surface area contributed by atoms with Crippen LogP contribution in [0.25, 0.3) is 0 Å².